The molecule has 0 aliphatic rings. The van der Waals surface area contributed by atoms with Gasteiger partial charge in [-0.15, -0.1) is 22.7 Å². The summed E-state index contributed by atoms with van der Waals surface area (Å²) in [5.74, 6) is -6.19. The predicted molar refractivity (Wildman–Crippen MR) is 134 cm³/mol. The van der Waals surface area contributed by atoms with Crippen molar-refractivity contribution in [1.82, 2.24) is 19.9 Å². The Kier molecular flexibility index (Phi) is 4.57. The molecular weight excluding hydrogens is 508 g/mol. The summed E-state index contributed by atoms with van der Waals surface area (Å²) in [6.07, 6.45) is 2.26. The molecule has 0 spiro atoms. The molecule has 0 saturated carbocycles. The van der Waals surface area contributed by atoms with Gasteiger partial charge in [-0.25, -0.2) is 37.5 Å². The molecule has 0 radical (unpaired) electrons. The van der Waals surface area contributed by atoms with Gasteiger partial charge in [-0.05, 0) is 12.1 Å². The molecule has 0 bridgehead atoms. The number of thiophene rings is 2. The van der Waals surface area contributed by atoms with Crippen LogP contribution in [0.1, 0.15) is 0 Å². The van der Waals surface area contributed by atoms with Gasteiger partial charge in [-0.2, -0.15) is 0 Å². The summed E-state index contributed by atoms with van der Waals surface area (Å²) in [5, 5.41) is 1.51. The van der Waals surface area contributed by atoms with Crippen LogP contribution in [0.3, 0.4) is 0 Å². The number of aromatic nitrogens is 4. The molecule has 7 aromatic rings. The lowest BCUT2D eigenvalue weighted by Gasteiger charge is -2.12. The normalized spacial score (nSPS) is 11.9. The van der Waals surface area contributed by atoms with Crippen molar-refractivity contribution in [3.63, 3.8) is 0 Å². The van der Waals surface area contributed by atoms with Crippen LogP contribution in [0.2, 0.25) is 0 Å². The molecule has 3 aromatic carbocycles. The van der Waals surface area contributed by atoms with Crippen molar-refractivity contribution in [2.24, 2.45) is 0 Å². The van der Waals surface area contributed by atoms with Crippen molar-refractivity contribution < 1.29 is 17.6 Å². The van der Waals surface area contributed by atoms with Crippen molar-refractivity contribution in [3.8, 4) is 22.5 Å². The zero-order chi connectivity index (χ0) is 24.6. The van der Waals surface area contributed by atoms with Crippen LogP contribution < -0.4 is 0 Å². The Labute approximate surface area is 207 Å². The van der Waals surface area contributed by atoms with Crippen molar-refractivity contribution in [3.05, 3.63) is 84.5 Å². The van der Waals surface area contributed by atoms with E-state index in [4.69, 9.17) is 0 Å². The molecule has 10 heteroatoms. The molecule has 0 amide bonds. The van der Waals surface area contributed by atoms with Crippen LogP contribution in [0.4, 0.5) is 17.6 Å². The average Bonchev–Trinajstić information content (AvgIpc) is 3.47. The molecule has 174 valence electrons. The first-order chi connectivity index (χ1) is 17.5. The van der Waals surface area contributed by atoms with Gasteiger partial charge in [0, 0.05) is 20.2 Å². The van der Waals surface area contributed by atoms with Crippen LogP contribution >= 0.6 is 22.7 Å². The van der Waals surface area contributed by atoms with E-state index in [9.17, 15) is 0 Å². The molecule has 4 nitrogen and oxygen atoms in total. The van der Waals surface area contributed by atoms with E-state index in [1.165, 1.54) is 22.7 Å². The number of fused-ring (bicyclic) bond motifs is 6. The summed E-state index contributed by atoms with van der Waals surface area (Å²) in [7, 11) is 0. The Bertz CT molecular complexity index is 1840. The monoisotopic (exact) mass is 518 g/mol. The highest BCUT2D eigenvalue weighted by atomic mass is 32.1. The minimum atomic E-state index is -1.55. The van der Waals surface area contributed by atoms with E-state index in [0.717, 1.165) is 32.8 Å². The maximum atomic E-state index is 15.6. The van der Waals surface area contributed by atoms with E-state index in [2.05, 4.69) is 19.9 Å². The van der Waals surface area contributed by atoms with Crippen LogP contribution in [0.15, 0.2) is 61.2 Å². The summed E-state index contributed by atoms with van der Waals surface area (Å²) < 4.78 is 64.6. The predicted octanol–water partition coefficient (Wildman–Crippen LogP) is 7.89. The molecule has 0 fully saturated rings. The fourth-order valence-corrected chi connectivity index (χ4v) is 6.75. The van der Waals surface area contributed by atoms with Crippen LogP contribution in [-0.2, 0) is 0 Å². The first-order valence-electron chi connectivity index (χ1n) is 10.7. The maximum Gasteiger partial charge on any atom is 0.172 e. The van der Waals surface area contributed by atoms with Crippen LogP contribution in [0, 0.1) is 23.3 Å². The van der Waals surface area contributed by atoms with E-state index in [1.807, 2.05) is 48.5 Å². The summed E-state index contributed by atoms with van der Waals surface area (Å²) in [6.45, 7) is 0. The van der Waals surface area contributed by atoms with Crippen molar-refractivity contribution in [2.75, 3.05) is 0 Å². The van der Waals surface area contributed by atoms with Gasteiger partial charge >= 0.3 is 0 Å². The molecular formula is C26H10F4N4S2. The van der Waals surface area contributed by atoms with E-state index >= 15 is 17.6 Å². The zero-order valence-electron chi connectivity index (χ0n) is 17.9. The Balaban J connectivity index is 1.53. The van der Waals surface area contributed by atoms with Gasteiger partial charge in [0.25, 0.3) is 0 Å². The van der Waals surface area contributed by atoms with Crippen molar-refractivity contribution in [2.45, 2.75) is 0 Å². The van der Waals surface area contributed by atoms with Gasteiger partial charge in [0.15, 0.2) is 23.3 Å². The molecule has 0 saturated heterocycles. The highest BCUT2D eigenvalue weighted by molar-refractivity contribution is 7.26. The molecule has 0 unspecified atom stereocenters. The summed E-state index contributed by atoms with van der Waals surface area (Å²) in [6, 6.07) is 14.5. The van der Waals surface area contributed by atoms with Gasteiger partial charge in [0.1, 0.15) is 12.7 Å². The quantitative estimate of drug-likeness (QED) is 0.173. The molecule has 4 heterocycles. The molecule has 7 rings (SSSR count). The second-order valence-electron chi connectivity index (χ2n) is 8.00. The van der Waals surface area contributed by atoms with Crippen molar-refractivity contribution >= 4 is 63.3 Å². The highest BCUT2D eigenvalue weighted by Crippen LogP contribution is 2.44. The number of hydrogen-bond acceptors (Lipinski definition) is 6. The molecule has 0 atom stereocenters. The Morgan fingerprint density at radius 1 is 0.500 bits per heavy atom. The van der Waals surface area contributed by atoms with E-state index in [0.29, 0.717) is 20.4 Å². The van der Waals surface area contributed by atoms with E-state index in [1.54, 1.807) is 0 Å². The van der Waals surface area contributed by atoms with E-state index in [-0.39, 0.29) is 11.4 Å². The number of benzene rings is 3. The van der Waals surface area contributed by atoms with Gasteiger partial charge < -0.3 is 0 Å². The molecule has 0 N–H and O–H groups in total. The average molecular weight is 519 g/mol. The lowest BCUT2D eigenvalue weighted by atomic mass is 10.0. The zero-order valence-corrected chi connectivity index (χ0v) is 19.5. The third-order valence-electron chi connectivity index (χ3n) is 6.05. The molecule has 0 aliphatic carbocycles. The first-order valence-corrected chi connectivity index (χ1v) is 12.3. The standard InChI is InChI=1S/C26H10F4N4S2/c27-17-15(23-25-21(31-9-33-23)11-5-1-3-7-13(11)35-25)18(28)20(30)16(19(17)29)24-26-22(32-10-34-24)12-6-2-4-8-14(12)36-26/h1-10H. The lowest BCUT2D eigenvalue weighted by Crippen LogP contribution is -2.05. The minimum absolute atomic E-state index is 0.213. The third-order valence-corrected chi connectivity index (χ3v) is 8.39. The Morgan fingerprint density at radius 3 is 1.31 bits per heavy atom. The number of nitrogens with zero attached hydrogens (tertiary/aromatic N) is 4. The largest absolute Gasteiger partial charge is 0.235 e. The van der Waals surface area contributed by atoms with Crippen LogP contribution in [0.25, 0.3) is 63.1 Å². The fraction of sp³-hybridized carbons (Fsp3) is 0. The third kappa shape index (κ3) is 2.85. The smallest absolute Gasteiger partial charge is 0.172 e. The lowest BCUT2D eigenvalue weighted by molar-refractivity contribution is 0.462. The minimum Gasteiger partial charge on any atom is -0.235 e. The second kappa shape index (κ2) is 7.74. The van der Waals surface area contributed by atoms with Crippen LogP contribution in [0.5, 0.6) is 0 Å². The summed E-state index contributed by atoms with van der Waals surface area (Å²) in [5.41, 5.74) is -1.28. The Hall–Kier alpha value is -4.02. The Morgan fingerprint density at radius 2 is 0.889 bits per heavy atom. The van der Waals surface area contributed by atoms with Gasteiger partial charge in [-0.3, -0.25) is 0 Å². The maximum absolute atomic E-state index is 15.6. The highest BCUT2D eigenvalue weighted by Gasteiger charge is 2.31. The number of rotatable bonds is 2. The van der Waals surface area contributed by atoms with Gasteiger partial charge in [-0.1, -0.05) is 36.4 Å². The second-order valence-corrected chi connectivity index (χ2v) is 10.1. The van der Waals surface area contributed by atoms with Crippen molar-refractivity contribution in [1.29, 1.82) is 0 Å². The summed E-state index contributed by atoms with van der Waals surface area (Å²) >= 11 is 2.39. The summed E-state index contributed by atoms with van der Waals surface area (Å²) in [4.78, 5) is 16.5. The van der Waals surface area contributed by atoms with Gasteiger partial charge in [0.05, 0.1) is 42.9 Å². The number of hydrogen-bond donors (Lipinski definition) is 0. The van der Waals surface area contributed by atoms with E-state index < -0.39 is 34.4 Å². The molecule has 36 heavy (non-hydrogen) atoms. The first kappa shape index (κ1) is 21.3. The van der Waals surface area contributed by atoms with Gasteiger partial charge in [0.2, 0.25) is 0 Å². The van der Waals surface area contributed by atoms with Crippen LogP contribution in [-0.4, -0.2) is 19.9 Å². The molecule has 4 aromatic heterocycles. The SMILES string of the molecule is Fc1c(F)c(-c2ncnc3c2sc2ccccc23)c(F)c(F)c1-c1ncnc2c1sc1ccccc12. The molecule has 0 aliphatic heterocycles. The fourth-order valence-electron chi connectivity index (χ4n) is 4.45. The topological polar surface area (TPSA) is 51.6 Å². The number of halogens is 4.